The molecule has 1 rings (SSSR count). The molecule has 0 aromatic carbocycles. The third-order valence-electron chi connectivity index (χ3n) is 2.05. The quantitative estimate of drug-likeness (QED) is 0.393. The van der Waals surface area contributed by atoms with Gasteiger partial charge in [-0.3, -0.25) is 0 Å². The summed E-state index contributed by atoms with van der Waals surface area (Å²) >= 11 is 0. The monoisotopic (exact) mass is 176 g/mol. The van der Waals surface area contributed by atoms with Crippen molar-refractivity contribution < 1.29 is 0 Å². The molecule has 0 aromatic rings. The second kappa shape index (κ2) is 2.18. The lowest BCUT2D eigenvalue weighted by Gasteiger charge is -2.18. The van der Waals surface area contributed by atoms with E-state index >= 15 is 0 Å². The molecular weight excluding hydrogens is 159 g/mol. The molecule has 0 N–H and O–H groups in total. The molecule has 1 aliphatic rings. The topological polar surface area (TPSA) is 0 Å². The van der Waals surface area contributed by atoms with Crippen LogP contribution in [0, 0.1) is 0 Å². The first-order valence-corrected chi connectivity index (χ1v) is 13.1. The summed E-state index contributed by atoms with van der Waals surface area (Å²) in [7, 11) is 0.268. The van der Waals surface area contributed by atoms with E-state index in [1.165, 1.54) is 7.68 Å². The van der Waals surface area contributed by atoms with Gasteiger partial charge in [0, 0.05) is 0 Å². The lowest BCUT2D eigenvalue weighted by atomic mass is 10.9. The second-order valence-corrected chi connectivity index (χ2v) is 24.3. The summed E-state index contributed by atoms with van der Waals surface area (Å²) in [4.78, 5) is 0. The molecule has 3 heteroatoms. The summed E-state index contributed by atoms with van der Waals surface area (Å²) < 4.78 is 0. The van der Waals surface area contributed by atoms with E-state index in [4.69, 9.17) is 0 Å². The summed E-state index contributed by atoms with van der Waals surface area (Å²) in [5.74, 6) is 0. The zero-order valence-corrected chi connectivity index (χ0v) is 9.91. The largest absolute Gasteiger partial charge is 0.144 e. The van der Waals surface area contributed by atoms with Crippen LogP contribution in [0.15, 0.2) is 0 Å². The summed E-state index contributed by atoms with van der Waals surface area (Å²) in [5, 5.41) is 0. The molecule has 0 aliphatic carbocycles. The van der Waals surface area contributed by atoms with Crippen LogP contribution >= 0.6 is 7.68 Å². The van der Waals surface area contributed by atoms with Crippen LogP contribution in [-0.2, 0) is 0 Å². The Morgan fingerprint density at radius 2 is 1.22 bits per heavy atom. The van der Waals surface area contributed by atoms with Crippen molar-refractivity contribution in [2.45, 2.75) is 38.3 Å². The predicted octanol–water partition coefficient (Wildman–Crippen LogP) is 3.09. The summed E-state index contributed by atoms with van der Waals surface area (Å²) in [6, 6.07) is 3.26. The normalized spacial score (nSPS) is 30.7. The summed E-state index contributed by atoms with van der Waals surface area (Å²) in [5.41, 5.74) is 0. The van der Waals surface area contributed by atoms with Gasteiger partial charge in [0.25, 0.3) is 0 Å². The minimum atomic E-state index is -0.586. The second-order valence-electron chi connectivity index (χ2n) is 4.39. The molecule has 0 spiro atoms. The first kappa shape index (κ1) is 7.97. The van der Waals surface area contributed by atoms with E-state index in [1.54, 1.807) is 12.1 Å². The minimum Gasteiger partial charge on any atom is -0.144 e. The summed E-state index contributed by atoms with van der Waals surface area (Å²) in [6.45, 7) is 10.3. The van der Waals surface area contributed by atoms with Crippen LogP contribution in [-0.4, -0.2) is 15.5 Å². The third kappa shape index (κ3) is 2.17. The van der Waals surface area contributed by atoms with E-state index in [-0.39, 0.29) is 0 Å². The van der Waals surface area contributed by atoms with E-state index in [0.717, 1.165) is 0 Å². The molecule has 1 heterocycles. The van der Waals surface area contributed by atoms with Crippen molar-refractivity contribution in [2.24, 2.45) is 0 Å². The average molecular weight is 176 g/mol. The Labute approximate surface area is 61.9 Å². The van der Waals surface area contributed by atoms with Crippen LogP contribution in [0.3, 0.4) is 0 Å². The fourth-order valence-electron chi connectivity index (χ4n) is 1.67. The molecule has 1 saturated heterocycles. The van der Waals surface area contributed by atoms with Crippen molar-refractivity contribution >= 4 is 23.2 Å². The van der Waals surface area contributed by atoms with Crippen LogP contribution in [0.25, 0.3) is 0 Å². The highest BCUT2D eigenvalue weighted by Crippen LogP contribution is 2.50. The van der Waals surface area contributed by atoms with Gasteiger partial charge in [-0.2, -0.15) is 0 Å². The zero-order valence-electron chi connectivity index (χ0n) is 6.91. The van der Waals surface area contributed by atoms with Gasteiger partial charge < -0.3 is 0 Å². The Balaban J connectivity index is 2.58. The van der Waals surface area contributed by atoms with Crippen LogP contribution in [0.1, 0.15) is 0 Å². The highest BCUT2D eigenvalue weighted by molar-refractivity contribution is 8.08. The van der Waals surface area contributed by atoms with Gasteiger partial charge >= 0.3 is 0 Å². The van der Waals surface area contributed by atoms with E-state index in [0.29, 0.717) is 0 Å². The van der Waals surface area contributed by atoms with Crippen molar-refractivity contribution in [1.82, 2.24) is 0 Å². The fourth-order valence-corrected chi connectivity index (χ4v) is 36.0. The van der Waals surface area contributed by atoms with Gasteiger partial charge in [0.2, 0.25) is 0 Å². The van der Waals surface area contributed by atoms with Crippen LogP contribution in [0.2, 0.25) is 38.3 Å². The molecule has 54 valence electrons. The van der Waals surface area contributed by atoms with Gasteiger partial charge in [-0.15, -0.1) is 7.68 Å². The fraction of sp³-hybridized carbons (Fsp3) is 1.00. The van der Waals surface area contributed by atoms with Gasteiger partial charge in [-0.1, -0.05) is 38.3 Å². The smallest absolute Gasteiger partial charge is 0.0674 e. The van der Waals surface area contributed by atoms with Crippen LogP contribution in [0.5, 0.6) is 0 Å². The molecule has 1 fully saturated rings. The standard InChI is InChI=1S/C6H17PSi2/c1-8(2)5-6-9(3,4)7-8/h7H,5-6H2,1-4H3. The maximum absolute atomic E-state index is 2.56. The molecule has 0 nitrogen and oxygen atoms in total. The van der Waals surface area contributed by atoms with Gasteiger partial charge in [-0.05, 0) is 0 Å². The zero-order chi connectivity index (χ0) is 7.12. The lowest BCUT2D eigenvalue weighted by Crippen LogP contribution is -2.17. The highest BCUT2D eigenvalue weighted by Gasteiger charge is 2.38. The van der Waals surface area contributed by atoms with E-state index in [2.05, 4.69) is 26.2 Å². The molecule has 0 saturated carbocycles. The molecule has 9 heavy (non-hydrogen) atoms. The first-order valence-electron chi connectivity index (χ1n) is 3.71. The number of hydrogen-bond acceptors (Lipinski definition) is 0. The lowest BCUT2D eigenvalue weighted by molar-refractivity contribution is 1.35. The molecule has 0 bridgehead atoms. The van der Waals surface area contributed by atoms with Gasteiger partial charge in [-0.25, -0.2) is 0 Å². The molecule has 0 radical (unpaired) electrons. The minimum absolute atomic E-state index is 0.586. The Morgan fingerprint density at radius 1 is 0.889 bits per heavy atom. The van der Waals surface area contributed by atoms with E-state index in [1.807, 2.05) is 0 Å². The molecule has 0 unspecified atom stereocenters. The molecule has 0 aromatic heterocycles. The van der Waals surface area contributed by atoms with E-state index < -0.39 is 15.5 Å². The maximum Gasteiger partial charge on any atom is 0.0674 e. The molecular formula is C6H17PSi2. The third-order valence-corrected chi connectivity index (χ3v) is 24.6. The van der Waals surface area contributed by atoms with Crippen LogP contribution in [0.4, 0.5) is 0 Å². The average Bonchev–Trinajstić information content (AvgIpc) is 1.78. The van der Waals surface area contributed by atoms with Gasteiger partial charge in [0.05, 0.1) is 15.5 Å². The van der Waals surface area contributed by atoms with Crippen molar-refractivity contribution in [3.8, 4) is 0 Å². The van der Waals surface area contributed by atoms with E-state index in [9.17, 15) is 0 Å². The Bertz CT molecular complexity index is 106. The Hall–Kier alpha value is 0.864. The first-order chi connectivity index (χ1) is 3.91. The van der Waals surface area contributed by atoms with Crippen molar-refractivity contribution in [1.29, 1.82) is 0 Å². The van der Waals surface area contributed by atoms with Crippen molar-refractivity contribution in [3.05, 3.63) is 0 Å². The summed E-state index contributed by atoms with van der Waals surface area (Å²) in [6.07, 6.45) is 0. The number of hydrogen-bond donors (Lipinski definition) is 0. The van der Waals surface area contributed by atoms with Crippen molar-refractivity contribution in [2.75, 3.05) is 0 Å². The van der Waals surface area contributed by atoms with Crippen molar-refractivity contribution in [3.63, 3.8) is 0 Å². The number of rotatable bonds is 0. The Kier molecular flexibility index (Phi) is 1.93. The van der Waals surface area contributed by atoms with Gasteiger partial charge in [0.15, 0.2) is 0 Å². The SMILES string of the molecule is C[Si]1(C)CC[Si](C)(C)P1. The molecule has 1 aliphatic heterocycles. The molecule has 0 amide bonds. The maximum atomic E-state index is 2.56. The predicted molar refractivity (Wildman–Crippen MR) is 52.9 cm³/mol. The Morgan fingerprint density at radius 3 is 1.33 bits per heavy atom. The highest BCUT2D eigenvalue weighted by atomic mass is 31.6. The molecule has 0 atom stereocenters. The van der Waals surface area contributed by atoms with Crippen LogP contribution < -0.4 is 0 Å². The van der Waals surface area contributed by atoms with Gasteiger partial charge in [0.1, 0.15) is 0 Å².